The van der Waals surface area contributed by atoms with Crippen molar-refractivity contribution in [3.63, 3.8) is 0 Å². The van der Waals surface area contributed by atoms with Gasteiger partial charge in [-0.1, -0.05) is 33.6 Å². The van der Waals surface area contributed by atoms with Crippen LogP contribution in [0.3, 0.4) is 0 Å². The summed E-state index contributed by atoms with van der Waals surface area (Å²) >= 11 is 0. The minimum atomic E-state index is -0.0134. The molecule has 0 aliphatic heterocycles. The van der Waals surface area contributed by atoms with Crippen LogP contribution in [0.25, 0.3) is 0 Å². The van der Waals surface area contributed by atoms with Gasteiger partial charge in [0.1, 0.15) is 5.82 Å². The molecule has 0 aliphatic carbocycles. The minimum Gasteiger partial charge on any atom is -0.373 e. The number of pyridine rings is 1. The van der Waals surface area contributed by atoms with Crippen LogP contribution < -0.4 is 10.6 Å². The maximum Gasteiger partial charge on any atom is 0.251 e. The van der Waals surface area contributed by atoms with Crippen molar-refractivity contribution in [2.45, 2.75) is 40.0 Å². The molecule has 4 nitrogen and oxygen atoms in total. The molecule has 2 N–H and O–H groups in total. The number of hydrogen-bond donors (Lipinski definition) is 2. The van der Waals surface area contributed by atoms with Crippen LogP contribution in [0.15, 0.2) is 12.1 Å². The fourth-order valence-corrected chi connectivity index (χ4v) is 1.94. The van der Waals surface area contributed by atoms with Crippen LogP contribution in [0.1, 0.15) is 49.7 Å². The van der Waals surface area contributed by atoms with E-state index in [1.165, 1.54) is 0 Å². The van der Waals surface area contributed by atoms with E-state index in [-0.39, 0.29) is 5.91 Å². The van der Waals surface area contributed by atoms with E-state index in [4.69, 9.17) is 0 Å². The van der Waals surface area contributed by atoms with Crippen molar-refractivity contribution in [3.8, 4) is 0 Å². The Hall–Kier alpha value is -1.58. The topological polar surface area (TPSA) is 54.0 Å². The maximum absolute atomic E-state index is 12.2. The lowest BCUT2D eigenvalue weighted by atomic mass is 10.0. The molecule has 1 aromatic rings. The van der Waals surface area contributed by atoms with E-state index in [1.54, 1.807) is 6.07 Å². The average molecular weight is 263 g/mol. The van der Waals surface area contributed by atoms with Gasteiger partial charge in [0.25, 0.3) is 5.91 Å². The summed E-state index contributed by atoms with van der Waals surface area (Å²) in [6.45, 7) is 7.08. The van der Waals surface area contributed by atoms with Crippen molar-refractivity contribution in [1.29, 1.82) is 0 Å². The summed E-state index contributed by atoms with van der Waals surface area (Å²) in [7, 11) is 1.81. The molecule has 0 bridgehead atoms. The molecule has 1 amide bonds. The van der Waals surface area contributed by atoms with Gasteiger partial charge < -0.3 is 10.6 Å². The lowest BCUT2D eigenvalue weighted by molar-refractivity contribution is 0.0946. The zero-order valence-corrected chi connectivity index (χ0v) is 12.4. The van der Waals surface area contributed by atoms with Crippen molar-refractivity contribution < 1.29 is 4.79 Å². The molecule has 4 heteroatoms. The molecule has 1 rings (SSSR count). The van der Waals surface area contributed by atoms with Gasteiger partial charge in [0, 0.05) is 24.8 Å². The van der Waals surface area contributed by atoms with Gasteiger partial charge in [0.15, 0.2) is 0 Å². The lowest BCUT2D eigenvalue weighted by Gasteiger charge is -2.14. The van der Waals surface area contributed by atoms with E-state index in [0.717, 1.165) is 37.3 Å². The van der Waals surface area contributed by atoms with Gasteiger partial charge in [0.2, 0.25) is 0 Å². The Morgan fingerprint density at radius 3 is 2.47 bits per heavy atom. The van der Waals surface area contributed by atoms with Crippen LogP contribution in [0.5, 0.6) is 0 Å². The fourth-order valence-electron chi connectivity index (χ4n) is 1.94. The number of nitrogens with one attached hydrogen (secondary N) is 2. The molecule has 0 atom stereocenters. The zero-order valence-electron chi connectivity index (χ0n) is 12.4. The Kier molecular flexibility index (Phi) is 6.33. The van der Waals surface area contributed by atoms with Crippen LogP contribution in [0, 0.1) is 5.92 Å². The third-order valence-corrected chi connectivity index (χ3v) is 3.46. The van der Waals surface area contributed by atoms with Gasteiger partial charge in [-0.25, -0.2) is 4.98 Å². The summed E-state index contributed by atoms with van der Waals surface area (Å²) in [6.07, 6.45) is 3.01. The van der Waals surface area contributed by atoms with E-state index in [0.29, 0.717) is 11.5 Å². The summed E-state index contributed by atoms with van der Waals surface area (Å²) in [4.78, 5) is 16.5. The quantitative estimate of drug-likeness (QED) is 0.795. The van der Waals surface area contributed by atoms with Crippen LogP contribution >= 0.6 is 0 Å². The van der Waals surface area contributed by atoms with Crippen molar-refractivity contribution in [2.75, 3.05) is 18.9 Å². The molecule has 106 valence electrons. The SMILES string of the molecule is CCc1cc(C(=O)NCC(CC)CC)cc(NC)n1. The monoisotopic (exact) mass is 263 g/mol. The lowest BCUT2D eigenvalue weighted by Crippen LogP contribution is -2.29. The van der Waals surface area contributed by atoms with Crippen LogP contribution in [0.2, 0.25) is 0 Å². The summed E-state index contributed by atoms with van der Waals surface area (Å²) in [5.41, 5.74) is 1.61. The van der Waals surface area contributed by atoms with E-state index in [1.807, 2.05) is 20.0 Å². The normalized spacial score (nSPS) is 10.6. The first kappa shape index (κ1) is 15.5. The van der Waals surface area contributed by atoms with Crippen LogP contribution in [-0.2, 0) is 6.42 Å². The van der Waals surface area contributed by atoms with E-state index in [9.17, 15) is 4.79 Å². The highest BCUT2D eigenvalue weighted by Crippen LogP contribution is 2.11. The highest BCUT2D eigenvalue weighted by molar-refractivity contribution is 5.95. The number of anilines is 1. The second-order valence-electron chi connectivity index (χ2n) is 4.73. The zero-order chi connectivity index (χ0) is 14.3. The first-order chi connectivity index (χ1) is 9.14. The molecule has 0 aromatic carbocycles. The largest absolute Gasteiger partial charge is 0.373 e. The molecule has 0 saturated carbocycles. The minimum absolute atomic E-state index is 0.0134. The van der Waals surface area contributed by atoms with Crippen molar-refractivity contribution in [2.24, 2.45) is 5.92 Å². The summed E-state index contributed by atoms with van der Waals surface area (Å²) in [5, 5.41) is 6.00. The third kappa shape index (κ3) is 4.54. The number of rotatable bonds is 7. The molecule has 1 aromatic heterocycles. The number of aromatic nitrogens is 1. The van der Waals surface area contributed by atoms with Gasteiger partial charge in [-0.2, -0.15) is 0 Å². The molecule has 0 fully saturated rings. The molecule has 0 saturated heterocycles. The van der Waals surface area contributed by atoms with Gasteiger partial charge in [0.05, 0.1) is 0 Å². The standard InChI is InChI=1S/C15H25N3O/c1-5-11(6-2)10-17-15(19)12-8-13(7-3)18-14(9-12)16-4/h8-9,11H,5-7,10H2,1-4H3,(H,16,18)(H,17,19). The first-order valence-electron chi connectivity index (χ1n) is 7.11. The van der Waals surface area contributed by atoms with Crippen molar-refractivity contribution >= 4 is 11.7 Å². The van der Waals surface area contributed by atoms with Crippen molar-refractivity contribution in [3.05, 3.63) is 23.4 Å². The molecular formula is C15H25N3O. The Morgan fingerprint density at radius 1 is 1.26 bits per heavy atom. The van der Waals surface area contributed by atoms with E-state index < -0.39 is 0 Å². The number of carbonyl (C=O) groups excluding carboxylic acids is 1. The molecule has 19 heavy (non-hydrogen) atoms. The fraction of sp³-hybridized carbons (Fsp3) is 0.600. The molecular weight excluding hydrogens is 238 g/mol. The second-order valence-corrected chi connectivity index (χ2v) is 4.73. The van der Waals surface area contributed by atoms with Gasteiger partial charge in [-0.15, -0.1) is 0 Å². The van der Waals surface area contributed by atoms with Crippen LogP contribution in [-0.4, -0.2) is 24.5 Å². The van der Waals surface area contributed by atoms with E-state index in [2.05, 4.69) is 29.5 Å². The summed E-state index contributed by atoms with van der Waals surface area (Å²) in [5.74, 6) is 1.28. The molecule has 1 heterocycles. The molecule has 0 radical (unpaired) electrons. The van der Waals surface area contributed by atoms with E-state index >= 15 is 0 Å². The Balaban J connectivity index is 2.75. The number of hydrogen-bond acceptors (Lipinski definition) is 3. The number of amides is 1. The molecule has 0 spiro atoms. The van der Waals surface area contributed by atoms with Crippen LogP contribution in [0.4, 0.5) is 5.82 Å². The van der Waals surface area contributed by atoms with Gasteiger partial charge in [-0.05, 0) is 24.5 Å². The highest BCUT2D eigenvalue weighted by atomic mass is 16.1. The number of carbonyl (C=O) groups is 1. The van der Waals surface area contributed by atoms with Gasteiger partial charge in [-0.3, -0.25) is 4.79 Å². The Labute approximate surface area is 116 Å². The highest BCUT2D eigenvalue weighted by Gasteiger charge is 2.11. The first-order valence-corrected chi connectivity index (χ1v) is 7.11. The molecule has 0 aliphatic rings. The Morgan fingerprint density at radius 2 is 1.95 bits per heavy atom. The van der Waals surface area contributed by atoms with Crippen molar-refractivity contribution in [1.82, 2.24) is 10.3 Å². The number of aryl methyl sites for hydroxylation is 1. The van der Waals surface area contributed by atoms with Gasteiger partial charge >= 0.3 is 0 Å². The smallest absolute Gasteiger partial charge is 0.251 e. The summed E-state index contributed by atoms with van der Waals surface area (Å²) < 4.78 is 0. The third-order valence-electron chi connectivity index (χ3n) is 3.46. The molecule has 0 unspecified atom stereocenters. The number of nitrogens with zero attached hydrogens (tertiary/aromatic N) is 1. The second kappa shape index (κ2) is 7.77. The Bertz CT molecular complexity index is 392. The maximum atomic E-state index is 12.2. The summed E-state index contributed by atoms with van der Waals surface area (Å²) in [6, 6.07) is 3.66. The predicted molar refractivity (Wildman–Crippen MR) is 79.6 cm³/mol. The predicted octanol–water partition coefficient (Wildman–Crippen LogP) is 2.85. The average Bonchev–Trinajstić information content (AvgIpc) is 2.47.